The Bertz CT molecular complexity index is 314. The monoisotopic (exact) mass is 216 g/mol. The molecule has 0 aliphatic rings. The van der Waals surface area contributed by atoms with Gasteiger partial charge in [0, 0.05) is 0 Å². The van der Waals surface area contributed by atoms with E-state index in [2.05, 4.69) is 44.5 Å². The van der Waals surface area contributed by atoms with Gasteiger partial charge in [-0.05, 0) is 55.9 Å². The van der Waals surface area contributed by atoms with Gasteiger partial charge in [0.1, 0.15) is 0 Å². The first-order chi connectivity index (χ1) is 7.70. The van der Waals surface area contributed by atoms with E-state index in [9.17, 15) is 0 Å². The first kappa shape index (κ1) is 14.8. The molecule has 0 aromatic carbocycles. The van der Waals surface area contributed by atoms with Crippen LogP contribution in [-0.4, -0.2) is 0 Å². The normalized spacial score (nSPS) is 10.7. The summed E-state index contributed by atoms with van der Waals surface area (Å²) in [7, 11) is 0. The molecule has 0 heterocycles. The number of rotatable bonds is 7. The van der Waals surface area contributed by atoms with E-state index in [1.165, 1.54) is 18.4 Å². The molecule has 0 rings (SSSR count). The Hall–Kier alpha value is -1.18. The second-order valence-electron chi connectivity index (χ2n) is 4.27. The first-order valence-corrected chi connectivity index (χ1v) is 6.23. The molecule has 0 amide bonds. The number of hydrogen-bond donors (Lipinski definition) is 0. The van der Waals surface area contributed by atoms with E-state index in [-0.39, 0.29) is 0 Å². The lowest BCUT2D eigenvalue weighted by atomic mass is 10.0. The van der Waals surface area contributed by atoms with Crippen molar-refractivity contribution in [1.29, 1.82) is 0 Å². The average molecular weight is 216 g/mol. The Labute approximate surface area is 101 Å². The number of hydrogen-bond acceptors (Lipinski definition) is 0. The zero-order chi connectivity index (χ0) is 12.2. The summed E-state index contributed by atoms with van der Waals surface area (Å²) in [6, 6.07) is 0. The van der Waals surface area contributed by atoms with Crippen molar-refractivity contribution in [3.63, 3.8) is 0 Å². The van der Waals surface area contributed by atoms with Gasteiger partial charge in [0.25, 0.3) is 0 Å². The SMILES string of the molecule is C=CC(C)CCCC(C)=C=C=C=CCCC. The van der Waals surface area contributed by atoms with Crippen LogP contribution >= 0.6 is 0 Å². The zero-order valence-corrected chi connectivity index (χ0v) is 11.0. The molecule has 0 nitrogen and oxygen atoms in total. The molecule has 0 saturated carbocycles. The van der Waals surface area contributed by atoms with Crippen LogP contribution in [0, 0.1) is 5.92 Å². The van der Waals surface area contributed by atoms with Crippen LogP contribution in [0.15, 0.2) is 41.5 Å². The summed E-state index contributed by atoms with van der Waals surface area (Å²) in [5, 5.41) is 0. The standard InChI is InChI=1S/C16H24/c1-5-7-8-9-10-12-16(4)14-11-13-15(3)6-2/h6,8,15H,2,5,7,11,13-14H2,1,3-4H3. The van der Waals surface area contributed by atoms with Crippen LogP contribution in [0.2, 0.25) is 0 Å². The van der Waals surface area contributed by atoms with Gasteiger partial charge in [-0.15, -0.1) is 6.58 Å². The third kappa shape index (κ3) is 9.38. The minimum Gasteiger partial charge on any atom is -0.103 e. The van der Waals surface area contributed by atoms with E-state index in [0.29, 0.717) is 5.92 Å². The van der Waals surface area contributed by atoms with Gasteiger partial charge in [-0.25, -0.2) is 0 Å². The van der Waals surface area contributed by atoms with Gasteiger partial charge in [0.2, 0.25) is 0 Å². The molecular formula is C16H24. The summed E-state index contributed by atoms with van der Waals surface area (Å²) >= 11 is 0. The van der Waals surface area contributed by atoms with E-state index in [1.807, 2.05) is 12.2 Å². The predicted octanol–water partition coefficient (Wildman–Crippen LogP) is 5.19. The van der Waals surface area contributed by atoms with Gasteiger partial charge < -0.3 is 0 Å². The Morgan fingerprint density at radius 3 is 2.81 bits per heavy atom. The lowest BCUT2D eigenvalue weighted by molar-refractivity contribution is 0.606. The highest BCUT2D eigenvalue weighted by Crippen LogP contribution is 2.11. The first-order valence-electron chi connectivity index (χ1n) is 6.23. The fraction of sp³-hybridized carbons (Fsp3) is 0.562. The molecule has 0 fully saturated rings. The Morgan fingerprint density at radius 1 is 1.44 bits per heavy atom. The zero-order valence-electron chi connectivity index (χ0n) is 11.0. The highest BCUT2D eigenvalue weighted by atomic mass is 14.0. The van der Waals surface area contributed by atoms with Crippen LogP contribution in [0.1, 0.15) is 52.9 Å². The molecule has 0 spiro atoms. The molecule has 1 unspecified atom stereocenters. The summed E-state index contributed by atoms with van der Waals surface area (Å²) in [5.74, 6) is 0.622. The summed E-state index contributed by atoms with van der Waals surface area (Å²) < 4.78 is 0. The van der Waals surface area contributed by atoms with E-state index >= 15 is 0 Å². The van der Waals surface area contributed by atoms with Crippen LogP contribution in [0.4, 0.5) is 0 Å². The highest BCUT2D eigenvalue weighted by Gasteiger charge is 1.95. The van der Waals surface area contributed by atoms with Crippen molar-refractivity contribution >= 4 is 0 Å². The van der Waals surface area contributed by atoms with Crippen molar-refractivity contribution in [2.75, 3.05) is 0 Å². The molecule has 0 saturated heterocycles. The third-order valence-electron chi connectivity index (χ3n) is 2.50. The van der Waals surface area contributed by atoms with E-state index < -0.39 is 0 Å². The van der Waals surface area contributed by atoms with Crippen LogP contribution < -0.4 is 0 Å². The third-order valence-corrected chi connectivity index (χ3v) is 2.50. The molecule has 88 valence electrons. The molecule has 0 aliphatic carbocycles. The smallest absolute Gasteiger partial charge is 0.0194 e. The maximum absolute atomic E-state index is 3.79. The van der Waals surface area contributed by atoms with Gasteiger partial charge in [-0.3, -0.25) is 0 Å². The molecule has 1 atom stereocenters. The van der Waals surface area contributed by atoms with Crippen molar-refractivity contribution in [2.45, 2.75) is 52.9 Å². The lowest BCUT2D eigenvalue weighted by Crippen LogP contribution is -1.88. The second-order valence-corrected chi connectivity index (χ2v) is 4.27. The van der Waals surface area contributed by atoms with E-state index in [4.69, 9.17) is 0 Å². The summed E-state index contributed by atoms with van der Waals surface area (Å²) in [4.78, 5) is 0. The minimum atomic E-state index is 0.622. The van der Waals surface area contributed by atoms with Crippen molar-refractivity contribution in [3.8, 4) is 0 Å². The average Bonchev–Trinajstić information content (AvgIpc) is 2.28. The summed E-state index contributed by atoms with van der Waals surface area (Å²) in [6.45, 7) is 10.3. The lowest BCUT2D eigenvalue weighted by Gasteiger charge is -2.03. The Balaban J connectivity index is 4.04. The molecule has 16 heavy (non-hydrogen) atoms. The Morgan fingerprint density at radius 2 is 2.19 bits per heavy atom. The molecule has 0 bridgehead atoms. The maximum Gasteiger partial charge on any atom is -0.0194 e. The van der Waals surface area contributed by atoms with Crippen molar-refractivity contribution in [1.82, 2.24) is 0 Å². The van der Waals surface area contributed by atoms with Gasteiger partial charge in [-0.2, -0.15) is 0 Å². The second kappa shape index (κ2) is 10.3. The highest BCUT2D eigenvalue weighted by molar-refractivity contribution is 4.98. The van der Waals surface area contributed by atoms with Gasteiger partial charge in [-0.1, -0.05) is 37.8 Å². The van der Waals surface area contributed by atoms with Gasteiger partial charge in [0.05, 0.1) is 0 Å². The predicted molar refractivity (Wildman–Crippen MR) is 72.4 cm³/mol. The molecule has 0 heteroatoms. The molecule has 0 radical (unpaired) electrons. The van der Waals surface area contributed by atoms with Crippen LogP contribution in [0.5, 0.6) is 0 Å². The number of allylic oxidation sites excluding steroid dienone is 3. The molecule has 0 aromatic rings. The van der Waals surface area contributed by atoms with Crippen molar-refractivity contribution < 1.29 is 0 Å². The quantitative estimate of drug-likeness (QED) is 0.406. The maximum atomic E-state index is 3.79. The van der Waals surface area contributed by atoms with Crippen LogP contribution in [0.3, 0.4) is 0 Å². The Kier molecular flexibility index (Phi) is 9.58. The van der Waals surface area contributed by atoms with Crippen molar-refractivity contribution in [2.24, 2.45) is 5.92 Å². The summed E-state index contributed by atoms with van der Waals surface area (Å²) in [6.07, 6.45) is 9.77. The van der Waals surface area contributed by atoms with Gasteiger partial charge in [0.15, 0.2) is 0 Å². The fourth-order valence-corrected chi connectivity index (χ4v) is 1.28. The minimum absolute atomic E-state index is 0.622. The van der Waals surface area contributed by atoms with E-state index in [0.717, 1.165) is 19.3 Å². The fourth-order valence-electron chi connectivity index (χ4n) is 1.28. The van der Waals surface area contributed by atoms with E-state index in [1.54, 1.807) is 0 Å². The molecule has 0 N–H and O–H groups in total. The number of unbranched alkanes of at least 4 members (excludes halogenated alkanes) is 1. The summed E-state index contributed by atoms with van der Waals surface area (Å²) in [5.41, 5.74) is 10.4. The molecule has 0 aromatic heterocycles. The van der Waals surface area contributed by atoms with Crippen LogP contribution in [0.25, 0.3) is 0 Å². The molecular weight excluding hydrogens is 192 g/mol. The largest absolute Gasteiger partial charge is 0.103 e. The topological polar surface area (TPSA) is 0 Å². The molecule has 0 aliphatic heterocycles. The van der Waals surface area contributed by atoms with Gasteiger partial charge >= 0.3 is 0 Å². The van der Waals surface area contributed by atoms with Crippen LogP contribution in [-0.2, 0) is 0 Å². The van der Waals surface area contributed by atoms with Crippen molar-refractivity contribution in [3.05, 3.63) is 41.5 Å².